The summed E-state index contributed by atoms with van der Waals surface area (Å²) in [6.07, 6.45) is 6.69. The second-order valence-electron chi connectivity index (χ2n) is 6.17. The zero-order valence-corrected chi connectivity index (χ0v) is 14.3. The molecular formula is C20H22FN3O. The Morgan fingerprint density at radius 2 is 2.12 bits per heavy atom. The van der Waals surface area contributed by atoms with Gasteiger partial charge in [0.05, 0.1) is 6.10 Å². The van der Waals surface area contributed by atoms with Crippen LogP contribution in [0.5, 0.6) is 5.75 Å². The highest BCUT2D eigenvalue weighted by Crippen LogP contribution is 2.29. The molecule has 0 bridgehead atoms. The van der Waals surface area contributed by atoms with Gasteiger partial charge in [0.15, 0.2) is 0 Å². The molecule has 1 aliphatic carbocycles. The largest absolute Gasteiger partial charge is 0.490 e. The molecule has 1 aromatic carbocycles. The molecule has 0 radical (unpaired) electrons. The van der Waals surface area contributed by atoms with Crippen molar-refractivity contribution in [3.05, 3.63) is 65.7 Å². The first-order valence-corrected chi connectivity index (χ1v) is 8.46. The highest BCUT2D eigenvalue weighted by atomic mass is 19.1. The summed E-state index contributed by atoms with van der Waals surface area (Å²) in [6.45, 7) is 2.55. The van der Waals surface area contributed by atoms with Crippen LogP contribution < -0.4 is 10.5 Å². The minimum atomic E-state index is -0.519. The van der Waals surface area contributed by atoms with E-state index in [0.29, 0.717) is 23.9 Å². The smallest absolute Gasteiger partial charge is 0.212 e. The molecule has 0 unspecified atom stereocenters. The van der Waals surface area contributed by atoms with Crippen LogP contribution in [0.15, 0.2) is 53.7 Å². The quantitative estimate of drug-likeness (QED) is 0.617. The number of halogens is 1. The van der Waals surface area contributed by atoms with Crippen molar-refractivity contribution in [2.75, 3.05) is 6.54 Å². The molecule has 2 N–H and O–H groups in total. The number of aromatic nitrogens is 1. The van der Waals surface area contributed by atoms with E-state index >= 15 is 0 Å². The van der Waals surface area contributed by atoms with Crippen LogP contribution in [-0.2, 0) is 6.42 Å². The molecule has 5 heteroatoms. The Morgan fingerprint density at radius 3 is 2.84 bits per heavy atom. The summed E-state index contributed by atoms with van der Waals surface area (Å²) in [6, 6.07) is 11.0. The summed E-state index contributed by atoms with van der Waals surface area (Å²) < 4.78 is 18.8. The molecule has 1 aliphatic rings. The molecule has 1 heterocycles. The van der Waals surface area contributed by atoms with Gasteiger partial charge in [-0.25, -0.2) is 4.98 Å². The molecule has 2 aromatic rings. The number of nitrogens with two attached hydrogens (primary N) is 1. The van der Waals surface area contributed by atoms with Gasteiger partial charge in [-0.05, 0) is 56.0 Å². The Bertz CT molecular complexity index is 780. The first-order chi connectivity index (χ1) is 12.1. The van der Waals surface area contributed by atoms with Crippen molar-refractivity contribution in [2.24, 2.45) is 10.7 Å². The molecule has 0 amide bonds. The van der Waals surface area contributed by atoms with E-state index in [-0.39, 0.29) is 0 Å². The molecule has 0 spiro atoms. The zero-order chi connectivity index (χ0) is 17.6. The van der Waals surface area contributed by atoms with Crippen LogP contribution in [-0.4, -0.2) is 23.3 Å². The van der Waals surface area contributed by atoms with Crippen molar-refractivity contribution in [1.82, 2.24) is 4.98 Å². The molecule has 4 nitrogen and oxygen atoms in total. The van der Waals surface area contributed by atoms with Gasteiger partial charge in [0.25, 0.3) is 0 Å². The molecule has 25 heavy (non-hydrogen) atoms. The van der Waals surface area contributed by atoms with Gasteiger partial charge in [0.1, 0.15) is 5.75 Å². The van der Waals surface area contributed by atoms with E-state index in [1.54, 1.807) is 12.1 Å². The lowest BCUT2D eigenvalue weighted by atomic mass is 10.1. The number of benzene rings is 1. The van der Waals surface area contributed by atoms with Gasteiger partial charge in [-0.3, -0.25) is 4.99 Å². The summed E-state index contributed by atoms with van der Waals surface area (Å²) >= 11 is 0. The Balaban J connectivity index is 1.60. The van der Waals surface area contributed by atoms with Crippen LogP contribution in [0, 0.1) is 5.95 Å². The van der Waals surface area contributed by atoms with Crippen molar-refractivity contribution in [1.29, 1.82) is 0 Å². The molecule has 1 saturated carbocycles. The molecular weight excluding hydrogens is 317 g/mol. The maximum atomic E-state index is 12.9. The van der Waals surface area contributed by atoms with Crippen LogP contribution in [0.1, 0.15) is 30.9 Å². The summed E-state index contributed by atoms with van der Waals surface area (Å²) in [5.74, 6) is 0.444. The monoisotopic (exact) mass is 339 g/mol. The number of para-hydroxylation sites is 1. The first kappa shape index (κ1) is 17.1. The number of ether oxygens (including phenoxy) is 1. The fourth-order valence-corrected chi connectivity index (χ4v) is 2.44. The second-order valence-corrected chi connectivity index (χ2v) is 6.17. The van der Waals surface area contributed by atoms with E-state index in [4.69, 9.17) is 10.5 Å². The normalized spacial score (nSPS) is 15.3. The lowest BCUT2D eigenvalue weighted by Gasteiger charge is -2.09. The fraction of sp³-hybridized carbons (Fsp3) is 0.300. The highest BCUT2D eigenvalue weighted by molar-refractivity contribution is 5.98. The van der Waals surface area contributed by atoms with Gasteiger partial charge >= 0.3 is 0 Å². The minimum Gasteiger partial charge on any atom is -0.490 e. The van der Waals surface area contributed by atoms with Gasteiger partial charge < -0.3 is 10.5 Å². The number of nitrogens with zero attached hydrogens (tertiary/aromatic N) is 2. The Kier molecular flexibility index (Phi) is 5.43. The van der Waals surface area contributed by atoms with Crippen LogP contribution in [0.2, 0.25) is 0 Å². The van der Waals surface area contributed by atoms with E-state index in [0.717, 1.165) is 30.7 Å². The predicted octanol–water partition coefficient (Wildman–Crippen LogP) is 3.77. The van der Waals surface area contributed by atoms with Crippen molar-refractivity contribution >= 4 is 11.4 Å². The van der Waals surface area contributed by atoms with E-state index in [9.17, 15) is 4.39 Å². The third-order valence-electron chi connectivity index (χ3n) is 3.96. The third-order valence-corrected chi connectivity index (χ3v) is 3.96. The molecule has 0 aliphatic heterocycles. The van der Waals surface area contributed by atoms with Crippen molar-refractivity contribution in [2.45, 2.75) is 32.3 Å². The molecule has 0 atom stereocenters. The molecule has 1 aromatic heterocycles. The van der Waals surface area contributed by atoms with Crippen molar-refractivity contribution in [3.8, 4) is 5.75 Å². The Morgan fingerprint density at radius 1 is 1.32 bits per heavy atom. The molecule has 1 fully saturated rings. The lowest BCUT2D eigenvalue weighted by molar-refractivity contribution is 0.300. The lowest BCUT2D eigenvalue weighted by Crippen LogP contribution is -2.03. The van der Waals surface area contributed by atoms with E-state index in [2.05, 4.69) is 16.0 Å². The zero-order valence-electron chi connectivity index (χ0n) is 14.3. The van der Waals surface area contributed by atoms with Crippen LogP contribution in [0.25, 0.3) is 5.70 Å². The van der Waals surface area contributed by atoms with E-state index in [1.807, 2.05) is 25.1 Å². The van der Waals surface area contributed by atoms with Crippen LogP contribution in [0.3, 0.4) is 0 Å². The standard InChI is InChI=1S/C20H22FN3O/c1-14(12-18(22)16-6-9-20(21)24-13-16)23-11-10-15-4-2-3-5-19(15)25-17-7-8-17/h2-6,9,12-13,17H,7-8,10-11,22H2,1H3. The van der Waals surface area contributed by atoms with Gasteiger partial charge in [-0.2, -0.15) is 4.39 Å². The van der Waals surface area contributed by atoms with Crippen LogP contribution >= 0.6 is 0 Å². The second kappa shape index (κ2) is 7.92. The number of allylic oxidation sites excluding steroid dienone is 1. The summed E-state index contributed by atoms with van der Waals surface area (Å²) in [7, 11) is 0. The van der Waals surface area contributed by atoms with Crippen molar-refractivity contribution < 1.29 is 9.13 Å². The summed E-state index contributed by atoms with van der Waals surface area (Å²) in [4.78, 5) is 8.15. The predicted molar refractivity (Wildman–Crippen MR) is 98.1 cm³/mol. The molecule has 130 valence electrons. The maximum Gasteiger partial charge on any atom is 0.212 e. The number of hydrogen-bond acceptors (Lipinski definition) is 4. The molecule has 0 saturated heterocycles. The van der Waals surface area contributed by atoms with Gasteiger partial charge in [0.2, 0.25) is 5.95 Å². The summed E-state index contributed by atoms with van der Waals surface area (Å²) in [5, 5.41) is 0. The maximum absolute atomic E-state index is 12.9. The Labute approximate surface area is 147 Å². The fourth-order valence-electron chi connectivity index (χ4n) is 2.44. The topological polar surface area (TPSA) is 60.5 Å². The summed E-state index contributed by atoms with van der Waals surface area (Å²) in [5.41, 5.74) is 9.21. The number of hydrogen-bond donors (Lipinski definition) is 1. The average Bonchev–Trinajstić information content (AvgIpc) is 3.41. The Hall–Kier alpha value is -2.69. The SMILES string of the molecule is CC(C=C(N)c1ccc(F)nc1)=NCCc1ccccc1OC1CC1. The van der Waals surface area contributed by atoms with E-state index < -0.39 is 5.95 Å². The minimum absolute atomic E-state index is 0.387. The van der Waals surface area contributed by atoms with Gasteiger partial charge in [-0.15, -0.1) is 0 Å². The van der Waals surface area contributed by atoms with E-state index in [1.165, 1.54) is 17.8 Å². The van der Waals surface area contributed by atoms with Gasteiger partial charge in [-0.1, -0.05) is 18.2 Å². The highest BCUT2D eigenvalue weighted by Gasteiger charge is 2.24. The number of pyridine rings is 1. The average molecular weight is 339 g/mol. The van der Waals surface area contributed by atoms with Gasteiger partial charge in [0, 0.05) is 29.7 Å². The molecule has 3 rings (SSSR count). The third kappa shape index (κ3) is 5.14. The first-order valence-electron chi connectivity index (χ1n) is 8.46. The number of rotatable bonds is 7. The number of aliphatic imine (C=N–C) groups is 1. The van der Waals surface area contributed by atoms with Crippen molar-refractivity contribution in [3.63, 3.8) is 0 Å². The van der Waals surface area contributed by atoms with Crippen LogP contribution in [0.4, 0.5) is 4.39 Å².